The van der Waals surface area contributed by atoms with Crippen LogP contribution in [-0.2, 0) is 0 Å². The Hall–Kier alpha value is -3.06. The smallest absolute Gasteiger partial charge is 0.293 e. The van der Waals surface area contributed by atoms with E-state index < -0.39 is 0 Å². The van der Waals surface area contributed by atoms with Crippen molar-refractivity contribution in [3.05, 3.63) is 53.2 Å². The minimum Gasteiger partial charge on any atom is -0.507 e. The van der Waals surface area contributed by atoms with Gasteiger partial charge in [-0.3, -0.25) is 4.79 Å². The Morgan fingerprint density at radius 3 is 2.88 bits per heavy atom. The topological polar surface area (TPSA) is 109 Å². The first kappa shape index (κ1) is 16.4. The molecule has 1 atom stereocenters. The van der Waals surface area contributed by atoms with Gasteiger partial charge in [0.15, 0.2) is 5.82 Å². The predicted molar refractivity (Wildman–Crippen MR) is 101 cm³/mol. The first-order valence-corrected chi connectivity index (χ1v) is 8.69. The Kier molecular flexibility index (Phi) is 4.22. The fourth-order valence-corrected chi connectivity index (χ4v) is 3.43. The fraction of sp³-hybridized carbons (Fsp3) is 0.263. The van der Waals surface area contributed by atoms with Crippen LogP contribution in [0.5, 0.6) is 5.75 Å². The molecule has 0 amide bonds. The highest BCUT2D eigenvalue weighted by Gasteiger charge is 2.19. The van der Waals surface area contributed by atoms with E-state index >= 15 is 0 Å². The van der Waals surface area contributed by atoms with Crippen LogP contribution in [0.4, 0.5) is 5.82 Å². The normalized spacial score (nSPS) is 17.3. The number of phenols is 1. The lowest BCUT2D eigenvalue weighted by Gasteiger charge is -2.25. The second-order valence-corrected chi connectivity index (χ2v) is 6.56. The molecule has 3 heterocycles. The van der Waals surface area contributed by atoms with Crippen LogP contribution in [0.1, 0.15) is 18.9 Å². The Morgan fingerprint density at radius 2 is 2.15 bits per heavy atom. The number of H-pyrrole nitrogens is 1. The van der Waals surface area contributed by atoms with Crippen molar-refractivity contribution < 1.29 is 5.11 Å². The van der Waals surface area contributed by atoms with Crippen LogP contribution in [0.25, 0.3) is 22.4 Å². The number of nitrogens with one attached hydrogen (secondary N) is 2. The van der Waals surface area contributed by atoms with Gasteiger partial charge >= 0.3 is 0 Å². The fourth-order valence-electron chi connectivity index (χ4n) is 3.43. The average molecular weight is 351 g/mol. The third kappa shape index (κ3) is 2.97. The van der Waals surface area contributed by atoms with Gasteiger partial charge in [-0.15, -0.1) is 0 Å². The standard InChI is InChI=1S/C19H21N5O2/c20-18-19(26)24(14-2-1-6-21-10-14)11-16(23-18)15-8-12(3-4-17(15)25)13-5-7-22-9-13/h3-5,7-9,11,14,21-22,25H,1-2,6,10H2,(H2,20,23). The summed E-state index contributed by atoms with van der Waals surface area (Å²) >= 11 is 0. The van der Waals surface area contributed by atoms with E-state index in [2.05, 4.69) is 15.3 Å². The summed E-state index contributed by atoms with van der Waals surface area (Å²) in [5, 5.41) is 13.7. The molecule has 4 rings (SSSR count). The van der Waals surface area contributed by atoms with Crippen molar-refractivity contribution in [1.29, 1.82) is 0 Å². The number of hydrogen-bond acceptors (Lipinski definition) is 5. The second kappa shape index (κ2) is 6.68. The van der Waals surface area contributed by atoms with E-state index in [4.69, 9.17) is 5.73 Å². The number of nitrogens with zero attached hydrogens (tertiary/aromatic N) is 2. The molecule has 7 nitrogen and oxygen atoms in total. The Morgan fingerprint density at radius 1 is 1.27 bits per heavy atom. The predicted octanol–water partition coefficient (Wildman–Crippen LogP) is 2.12. The number of nitrogens with two attached hydrogens (primary N) is 1. The van der Waals surface area contributed by atoms with Gasteiger partial charge in [0.2, 0.25) is 0 Å². The Bertz CT molecular complexity index is 972. The summed E-state index contributed by atoms with van der Waals surface area (Å²) in [7, 11) is 0. The van der Waals surface area contributed by atoms with Crippen molar-refractivity contribution in [3.8, 4) is 28.1 Å². The molecule has 0 radical (unpaired) electrons. The number of nitrogen functional groups attached to an aromatic ring is 1. The molecular weight excluding hydrogens is 330 g/mol. The summed E-state index contributed by atoms with van der Waals surface area (Å²) in [6.07, 6.45) is 7.33. The van der Waals surface area contributed by atoms with Crippen LogP contribution < -0.4 is 16.6 Å². The van der Waals surface area contributed by atoms with Gasteiger partial charge < -0.3 is 25.7 Å². The maximum atomic E-state index is 12.5. The molecule has 2 aromatic heterocycles. The molecule has 26 heavy (non-hydrogen) atoms. The SMILES string of the molecule is Nc1nc(-c2cc(-c3cc[nH]c3)ccc2O)cn(C2CCCNC2)c1=O. The zero-order valence-electron chi connectivity index (χ0n) is 14.3. The van der Waals surface area contributed by atoms with E-state index in [1.165, 1.54) is 0 Å². The van der Waals surface area contributed by atoms with Gasteiger partial charge in [0.1, 0.15) is 5.75 Å². The number of aromatic amines is 1. The van der Waals surface area contributed by atoms with E-state index in [1.54, 1.807) is 16.8 Å². The second-order valence-electron chi connectivity index (χ2n) is 6.56. The third-order valence-electron chi connectivity index (χ3n) is 4.82. The number of benzene rings is 1. The molecule has 0 spiro atoms. The molecule has 7 heteroatoms. The van der Waals surface area contributed by atoms with Crippen molar-refractivity contribution in [2.45, 2.75) is 18.9 Å². The van der Waals surface area contributed by atoms with Crippen molar-refractivity contribution in [1.82, 2.24) is 19.9 Å². The van der Waals surface area contributed by atoms with Crippen molar-refractivity contribution in [2.24, 2.45) is 0 Å². The molecular formula is C19H21N5O2. The Balaban J connectivity index is 1.82. The molecule has 5 N–H and O–H groups in total. The summed E-state index contributed by atoms with van der Waals surface area (Å²) in [5.74, 6) is 0.0441. The monoisotopic (exact) mass is 351 g/mol. The number of aromatic hydroxyl groups is 1. The molecule has 1 saturated heterocycles. The van der Waals surface area contributed by atoms with Crippen LogP contribution in [0.15, 0.2) is 47.7 Å². The number of anilines is 1. The van der Waals surface area contributed by atoms with Gasteiger partial charge in [0.25, 0.3) is 5.56 Å². The van der Waals surface area contributed by atoms with Crippen LogP contribution in [0.2, 0.25) is 0 Å². The van der Waals surface area contributed by atoms with Gasteiger partial charge in [-0.2, -0.15) is 0 Å². The highest BCUT2D eigenvalue weighted by Crippen LogP contribution is 2.33. The van der Waals surface area contributed by atoms with E-state index in [9.17, 15) is 9.90 Å². The molecule has 1 fully saturated rings. The molecule has 1 unspecified atom stereocenters. The molecule has 1 aliphatic rings. The first-order chi connectivity index (χ1) is 12.6. The van der Waals surface area contributed by atoms with Gasteiger partial charge in [0.05, 0.1) is 5.69 Å². The van der Waals surface area contributed by atoms with E-state index in [1.807, 2.05) is 30.6 Å². The van der Waals surface area contributed by atoms with Crippen molar-refractivity contribution in [2.75, 3.05) is 18.8 Å². The summed E-state index contributed by atoms with van der Waals surface area (Å²) < 4.78 is 1.65. The summed E-state index contributed by atoms with van der Waals surface area (Å²) in [6, 6.07) is 7.32. The summed E-state index contributed by atoms with van der Waals surface area (Å²) in [6.45, 7) is 1.68. The number of phenolic OH excluding ortho intramolecular Hbond substituents is 1. The molecule has 0 bridgehead atoms. The number of hydrogen-bond donors (Lipinski definition) is 4. The lowest BCUT2D eigenvalue weighted by Crippen LogP contribution is -2.37. The zero-order chi connectivity index (χ0) is 18.1. The van der Waals surface area contributed by atoms with Crippen LogP contribution in [0, 0.1) is 0 Å². The molecule has 1 aliphatic heterocycles. The highest BCUT2D eigenvalue weighted by molar-refractivity contribution is 5.75. The minimum atomic E-state index is -0.288. The zero-order valence-corrected chi connectivity index (χ0v) is 14.3. The number of piperidine rings is 1. The molecule has 134 valence electrons. The molecule has 3 aromatic rings. The lowest BCUT2D eigenvalue weighted by atomic mass is 10.0. The van der Waals surface area contributed by atoms with Crippen molar-refractivity contribution >= 4 is 5.82 Å². The van der Waals surface area contributed by atoms with Crippen molar-refractivity contribution in [3.63, 3.8) is 0 Å². The van der Waals surface area contributed by atoms with Crippen LogP contribution in [0.3, 0.4) is 0 Å². The molecule has 0 saturated carbocycles. The highest BCUT2D eigenvalue weighted by atomic mass is 16.3. The summed E-state index contributed by atoms with van der Waals surface area (Å²) in [4.78, 5) is 19.7. The van der Waals surface area contributed by atoms with Gasteiger partial charge in [-0.1, -0.05) is 6.07 Å². The first-order valence-electron chi connectivity index (χ1n) is 8.69. The van der Waals surface area contributed by atoms with Crippen LogP contribution in [-0.4, -0.2) is 32.7 Å². The number of aromatic nitrogens is 3. The van der Waals surface area contributed by atoms with Gasteiger partial charge in [-0.05, 0) is 48.7 Å². The van der Waals surface area contributed by atoms with Gasteiger partial charge in [0, 0.05) is 36.7 Å². The minimum absolute atomic E-state index is 0.0373. The van der Waals surface area contributed by atoms with Gasteiger partial charge in [-0.25, -0.2) is 4.98 Å². The quantitative estimate of drug-likeness (QED) is 0.578. The summed E-state index contributed by atoms with van der Waals surface area (Å²) in [5.41, 5.74) is 8.59. The number of rotatable bonds is 3. The van der Waals surface area contributed by atoms with E-state index in [-0.39, 0.29) is 23.2 Å². The average Bonchev–Trinajstić information content (AvgIpc) is 3.20. The van der Waals surface area contributed by atoms with E-state index in [0.717, 1.165) is 37.1 Å². The third-order valence-corrected chi connectivity index (χ3v) is 4.82. The maximum absolute atomic E-state index is 12.5. The van der Waals surface area contributed by atoms with E-state index in [0.29, 0.717) is 11.3 Å². The lowest BCUT2D eigenvalue weighted by molar-refractivity contribution is 0.364. The maximum Gasteiger partial charge on any atom is 0.293 e. The molecule has 1 aromatic carbocycles. The Labute approximate surface area is 150 Å². The van der Waals surface area contributed by atoms with Crippen LogP contribution >= 0.6 is 0 Å². The molecule has 0 aliphatic carbocycles. The largest absolute Gasteiger partial charge is 0.507 e.